The van der Waals surface area contributed by atoms with Crippen LogP contribution in [-0.4, -0.2) is 5.78 Å². The van der Waals surface area contributed by atoms with Gasteiger partial charge in [-0.2, -0.15) is 0 Å². The topological polar surface area (TPSA) is 69.1 Å². The smallest absolute Gasteiger partial charge is 0.193 e. The first kappa shape index (κ1) is 17.5. The molecule has 7 heteroatoms. The molecule has 2 rings (SSSR count). The highest BCUT2D eigenvalue weighted by atomic mass is 35.5. The Kier molecular flexibility index (Phi) is 5.72. The second kappa shape index (κ2) is 7.18. The molecule has 116 valence electrons. The van der Waals surface area contributed by atoms with E-state index in [1.807, 2.05) is 0 Å². The molecule has 0 radical (unpaired) electrons. The van der Waals surface area contributed by atoms with E-state index < -0.39 is 0 Å². The van der Waals surface area contributed by atoms with Crippen molar-refractivity contribution in [3.63, 3.8) is 0 Å². The largest absolute Gasteiger partial charge is 0.326 e. The highest BCUT2D eigenvalue weighted by Crippen LogP contribution is 2.33. The van der Waals surface area contributed by atoms with Crippen molar-refractivity contribution in [3.05, 3.63) is 66.6 Å². The van der Waals surface area contributed by atoms with Gasteiger partial charge in [-0.05, 0) is 35.4 Å². The van der Waals surface area contributed by atoms with E-state index in [4.69, 9.17) is 57.9 Å². The lowest BCUT2D eigenvalue weighted by molar-refractivity contribution is 0.103. The molecule has 0 aliphatic rings. The standard InChI is InChI=1S/C15H12Cl4N2O/c16-11-3-1-7(9(5-20)13(11)18)15(22)8-2-4-12(17)14(19)10(8)6-21/h1-4H,5-6,20-21H2. The summed E-state index contributed by atoms with van der Waals surface area (Å²) in [5.74, 6) is -0.280. The van der Waals surface area contributed by atoms with Crippen LogP contribution in [0.5, 0.6) is 0 Å². The monoisotopic (exact) mass is 376 g/mol. The third-order valence-electron chi connectivity index (χ3n) is 3.29. The number of halogens is 4. The molecule has 0 aromatic heterocycles. The molecule has 0 bridgehead atoms. The first-order valence-corrected chi connectivity index (χ1v) is 7.82. The summed E-state index contributed by atoms with van der Waals surface area (Å²) in [5.41, 5.74) is 13.1. The molecular weight excluding hydrogens is 366 g/mol. The van der Waals surface area contributed by atoms with Crippen LogP contribution in [0.1, 0.15) is 27.0 Å². The van der Waals surface area contributed by atoms with Gasteiger partial charge in [-0.3, -0.25) is 4.79 Å². The molecule has 0 heterocycles. The Balaban J connectivity index is 2.64. The Morgan fingerprint density at radius 3 is 1.45 bits per heavy atom. The number of nitrogens with two attached hydrogens (primary N) is 2. The molecule has 22 heavy (non-hydrogen) atoms. The summed E-state index contributed by atoms with van der Waals surface area (Å²) >= 11 is 24.2. The van der Waals surface area contributed by atoms with Crippen molar-refractivity contribution in [3.8, 4) is 0 Å². The molecular formula is C15H12Cl4N2O. The number of hydrogen-bond acceptors (Lipinski definition) is 3. The SMILES string of the molecule is NCc1c(C(=O)c2ccc(Cl)c(Cl)c2CN)ccc(Cl)c1Cl. The third kappa shape index (κ3) is 3.11. The van der Waals surface area contributed by atoms with E-state index in [9.17, 15) is 4.79 Å². The molecule has 2 aromatic rings. The van der Waals surface area contributed by atoms with Crippen molar-refractivity contribution >= 4 is 52.2 Å². The number of carbonyl (C=O) groups is 1. The normalized spacial score (nSPS) is 10.8. The van der Waals surface area contributed by atoms with Gasteiger partial charge in [-0.15, -0.1) is 0 Å². The third-order valence-corrected chi connectivity index (χ3v) is 4.98. The van der Waals surface area contributed by atoms with Gasteiger partial charge in [-0.25, -0.2) is 0 Å². The zero-order valence-electron chi connectivity index (χ0n) is 11.3. The van der Waals surface area contributed by atoms with E-state index >= 15 is 0 Å². The van der Waals surface area contributed by atoms with Crippen LogP contribution in [0.15, 0.2) is 24.3 Å². The van der Waals surface area contributed by atoms with Gasteiger partial charge in [0.25, 0.3) is 0 Å². The maximum Gasteiger partial charge on any atom is 0.193 e. The van der Waals surface area contributed by atoms with Gasteiger partial charge in [0.05, 0.1) is 20.1 Å². The van der Waals surface area contributed by atoms with E-state index in [-0.39, 0.29) is 28.9 Å². The van der Waals surface area contributed by atoms with Crippen LogP contribution >= 0.6 is 46.4 Å². The second-order valence-corrected chi connectivity index (χ2v) is 6.08. The fourth-order valence-corrected chi connectivity index (χ4v) is 2.99. The molecule has 0 fully saturated rings. The van der Waals surface area contributed by atoms with Gasteiger partial charge >= 0.3 is 0 Å². The van der Waals surface area contributed by atoms with Gasteiger partial charge in [0.15, 0.2) is 5.78 Å². The first-order valence-electron chi connectivity index (χ1n) is 6.31. The fraction of sp³-hybridized carbons (Fsp3) is 0.133. The van der Waals surface area contributed by atoms with Gasteiger partial charge in [0.1, 0.15) is 0 Å². The van der Waals surface area contributed by atoms with Crippen molar-refractivity contribution in [2.24, 2.45) is 11.5 Å². The van der Waals surface area contributed by atoms with Crippen LogP contribution in [0.3, 0.4) is 0 Å². The highest BCUT2D eigenvalue weighted by molar-refractivity contribution is 6.43. The van der Waals surface area contributed by atoms with Gasteiger partial charge in [0.2, 0.25) is 0 Å². The predicted octanol–water partition coefficient (Wildman–Crippen LogP) is 4.45. The average molecular weight is 378 g/mol. The predicted molar refractivity (Wildman–Crippen MR) is 92.1 cm³/mol. The van der Waals surface area contributed by atoms with Crippen molar-refractivity contribution in [1.82, 2.24) is 0 Å². The lowest BCUT2D eigenvalue weighted by Crippen LogP contribution is -2.13. The molecule has 0 unspecified atom stereocenters. The lowest BCUT2D eigenvalue weighted by Gasteiger charge is -2.14. The van der Waals surface area contributed by atoms with Crippen LogP contribution in [0.25, 0.3) is 0 Å². The Bertz CT molecular complexity index is 685. The van der Waals surface area contributed by atoms with Crippen LogP contribution in [-0.2, 0) is 13.1 Å². The molecule has 0 saturated carbocycles. The molecule has 0 amide bonds. The maximum absolute atomic E-state index is 12.8. The molecule has 0 atom stereocenters. The van der Waals surface area contributed by atoms with Gasteiger partial charge in [-0.1, -0.05) is 46.4 Å². The summed E-state index contributed by atoms with van der Waals surface area (Å²) in [6.07, 6.45) is 0. The van der Waals surface area contributed by atoms with Crippen LogP contribution in [0, 0.1) is 0 Å². The Labute approximate surface area is 148 Å². The molecule has 0 aliphatic carbocycles. The molecule has 4 N–H and O–H groups in total. The van der Waals surface area contributed by atoms with Crippen LogP contribution < -0.4 is 11.5 Å². The number of benzene rings is 2. The minimum absolute atomic E-state index is 0.0831. The number of rotatable bonds is 4. The Hall–Kier alpha value is -0.810. The Morgan fingerprint density at radius 2 is 1.14 bits per heavy atom. The van der Waals surface area contributed by atoms with E-state index in [0.29, 0.717) is 32.3 Å². The van der Waals surface area contributed by atoms with E-state index in [1.165, 1.54) is 0 Å². The second-order valence-electron chi connectivity index (χ2n) is 4.51. The summed E-state index contributed by atoms with van der Waals surface area (Å²) in [5, 5.41) is 1.22. The van der Waals surface area contributed by atoms with Gasteiger partial charge in [0, 0.05) is 24.2 Å². The summed E-state index contributed by atoms with van der Waals surface area (Å²) < 4.78 is 0. The van der Waals surface area contributed by atoms with E-state index in [2.05, 4.69) is 0 Å². The average Bonchev–Trinajstić information content (AvgIpc) is 2.51. The van der Waals surface area contributed by atoms with Crippen molar-refractivity contribution in [2.45, 2.75) is 13.1 Å². The summed E-state index contributed by atoms with van der Waals surface area (Å²) in [6.45, 7) is 0.166. The summed E-state index contributed by atoms with van der Waals surface area (Å²) in [7, 11) is 0. The number of hydrogen-bond donors (Lipinski definition) is 2. The summed E-state index contributed by atoms with van der Waals surface area (Å²) in [4.78, 5) is 12.8. The zero-order valence-corrected chi connectivity index (χ0v) is 14.3. The van der Waals surface area contributed by atoms with Gasteiger partial charge < -0.3 is 11.5 Å². The zero-order chi connectivity index (χ0) is 16.4. The number of ketones is 1. The Morgan fingerprint density at radius 1 is 0.773 bits per heavy atom. The molecule has 2 aromatic carbocycles. The van der Waals surface area contributed by atoms with Crippen molar-refractivity contribution in [2.75, 3.05) is 0 Å². The number of carbonyl (C=O) groups excluding carboxylic acids is 1. The van der Waals surface area contributed by atoms with Crippen molar-refractivity contribution < 1.29 is 4.79 Å². The van der Waals surface area contributed by atoms with Crippen molar-refractivity contribution in [1.29, 1.82) is 0 Å². The molecule has 0 aliphatic heterocycles. The minimum atomic E-state index is -0.280. The highest BCUT2D eigenvalue weighted by Gasteiger charge is 2.21. The van der Waals surface area contributed by atoms with Crippen LogP contribution in [0.4, 0.5) is 0 Å². The lowest BCUT2D eigenvalue weighted by atomic mass is 9.95. The first-order chi connectivity index (χ1) is 10.4. The maximum atomic E-state index is 12.8. The quantitative estimate of drug-likeness (QED) is 0.773. The molecule has 0 saturated heterocycles. The van der Waals surface area contributed by atoms with Crippen LogP contribution in [0.2, 0.25) is 20.1 Å². The summed E-state index contributed by atoms with van der Waals surface area (Å²) in [6, 6.07) is 6.27. The molecule has 3 nitrogen and oxygen atoms in total. The molecule has 0 spiro atoms. The van der Waals surface area contributed by atoms with E-state index in [0.717, 1.165) is 0 Å². The fourth-order valence-electron chi connectivity index (χ4n) is 2.15. The van der Waals surface area contributed by atoms with E-state index in [1.54, 1.807) is 24.3 Å². The minimum Gasteiger partial charge on any atom is -0.326 e.